The molecular weight excluding hydrogens is 250 g/mol. The van der Waals surface area contributed by atoms with Crippen LogP contribution < -0.4 is 0 Å². The van der Waals surface area contributed by atoms with E-state index in [1.54, 1.807) is 6.20 Å². The fourth-order valence-electron chi connectivity index (χ4n) is 2.20. The summed E-state index contributed by atoms with van der Waals surface area (Å²) in [4.78, 5) is 6.44. The Labute approximate surface area is 120 Å². The van der Waals surface area contributed by atoms with E-state index in [4.69, 9.17) is 0 Å². The van der Waals surface area contributed by atoms with E-state index in [-0.39, 0.29) is 6.04 Å². The van der Waals surface area contributed by atoms with Crippen molar-refractivity contribution in [3.63, 3.8) is 0 Å². The molecule has 2 aromatic rings. The lowest BCUT2D eigenvalue weighted by Crippen LogP contribution is -2.34. The minimum Gasteiger partial charge on any atom is -0.387 e. The van der Waals surface area contributed by atoms with Gasteiger partial charge < -0.3 is 9.67 Å². The van der Waals surface area contributed by atoms with Crippen molar-refractivity contribution in [1.82, 2.24) is 14.5 Å². The lowest BCUT2D eigenvalue weighted by molar-refractivity contribution is 0.0671. The number of aryl methyl sites for hydroxylation is 2. The van der Waals surface area contributed by atoms with Crippen LogP contribution in [-0.2, 0) is 13.6 Å². The number of likely N-dealkylation sites (N-methyl/N-ethyl adjacent to an activating group) is 1. The molecule has 0 fully saturated rings. The first-order valence-electron chi connectivity index (χ1n) is 6.90. The van der Waals surface area contributed by atoms with Crippen molar-refractivity contribution < 1.29 is 5.11 Å². The summed E-state index contributed by atoms with van der Waals surface area (Å²) in [6.45, 7) is 4.80. The zero-order valence-corrected chi connectivity index (χ0v) is 12.6. The topological polar surface area (TPSA) is 41.3 Å². The van der Waals surface area contributed by atoms with E-state index < -0.39 is 6.10 Å². The van der Waals surface area contributed by atoms with Gasteiger partial charge in [0.25, 0.3) is 0 Å². The fraction of sp³-hybridized carbons (Fsp3) is 0.438. The molecule has 1 aromatic heterocycles. The minimum atomic E-state index is -0.499. The van der Waals surface area contributed by atoms with Crippen LogP contribution in [0.25, 0.3) is 0 Å². The summed E-state index contributed by atoms with van der Waals surface area (Å²) >= 11 is 0. The molecule has 20 heavy (non-hydrogen) atoms. The molecule has 2 unspecified atom stereocenters. The number of aliphatic hydroxyl groups is 1. The van der Waals surface area contributed by atoms with Crippen LogP contribution in [0.15, 0.2) is 36.7 Å². The standard InChI is InChI=1S/C16H23N3O/c1-12-5-7-14(8-6-12)16(20)13(2)19(4)11-15-17-9-10-18(15)3/h5-10,13,16,20H,11H2,1-4H3. The number of hydrogen-bond acceptors (Lipinski definition) is 3. The number of aromatic nitrogens is 2. The van der Waals surface area contributed by atoms with Gasteiger partial charge >= 0.3 is 0 Å². The SMILES string of the molecule is Cc1ccc(C(O)C(C)N(C)Cc2nccn2C)cc1. The van der Waals surface area contributed by atoms with Crippen molar-refractivity contribution in [2.75, 3.05) is 7.05 Å². The molecule has 0 amide bonds. The van der Waals surface area contributed by atoms with Crippen LogP contribution in [0.4, 0.5) is 0 Å². The van der Waals surface area contributed by atoms with Crippen molar-refractivity contribution in [2.45, 2.75) is 32.5 Å². The average molecular weight is 273 g/mol. The Morgan fingerprint density at radius 2 is 1.95 bits per heavy atom. The number of aliphatic hydroxyl groups excluding tert-OH is 1. The van der Waals surface area contributed by atoms with Crippen molar-refractivity contribution in [3.8, 4) is 0 Å². The second kappa shape index (κ2) is 6.20. The summed E-state index contributed by atoms with van der Waals surface area (Å²) in [7, 11) is 3.99. The van der Waals surface area contributed by atoms with Gasteiger partial charge in [-0.2, -0.15) is 0 Å². The molecule has 0 spiro atoms. The zero-order chi connectivity index (χ0) is 14.7. The average Bonchev–Trinajstić information content (AvgIpc) is 2.83. The fourth-order valence-corrected chi connectivity index (χ4v) is 2.20. The van der Waals surface area contributed by atoms with Crippen molar-refractivity contribution in [1.29, 1.82) is 0 Å². The number of benzene rings is 1. The van der Waals surface area contributed by atoms with Crippen LogP contribution in [0, 0.1) is 6.92 Å². The van der Waals surface area contributed by atoms with E-state index in [0.29, 0.717) is 6.54 Å². The summed E-state index contributed by atoms with van der Waals surface area (Å²) in [5.41, 5.74) is 2.16. The molecule has 0 aliphatic carbocycles. The summed E-state index contributed by atoms with van der Waals surface area (Å²) in [5.74, 6) is 0.996. The third-order valence-corrected chi connectivity index (χ3v) is 3.88. The van der Waals surface area contributed by atoms with Gasteiger partial charge in [-0.25, -0.2) is 4.98 Å². The van der Waals surface area contributed by atoms with Gasteiger partial charge in [0.2, 0.25) is 0 Å². The van der Waals surface area contributed by atoms with Crippen molar-refractivity contribution >= 4 is 0 Å². The van der Waals surface area contributed by atoms with Crippen LogP contribution in [0.2, 0.25) is 0 Å². The first kappa shape index (κ1) is 14.8. The van der Waals surface area contributed by atoms with Crippen LogP contribution in [-0.4, -0.2) is 32.6 Å². The van der Waals surface area contributed by atoms with Gasteiger partial charge in [-0.1, -0.05) is 29.8 Å². The van der Waals surface area contributed by atoms with Crippen LogP contribution in [0.1, 0.15) is 30.0 Å². The van der Waals surface area contributed by atoms with E-state index in [9.17, 15) is 5.11 Å². The molecule has 2 rings (SSSR count). The monoisotopic (exact) mass is 273 g/mol. The van der Waals surface area contributed by atoms with Gasteiger partial charge in [0.15, 0.2) is 0 Å². The highest BCUT2D eigenvalue weighted by Gasteiger charge is 2.21. The Hall–Kier alpha value is -1.65. The van der Waals surface area contributed by atoms with Gasteiger partial charge in [-0.05, 0) is 26.5 Å². The molecule has 4 heteroatoms. The van der Waals surface area contributed by atoms with Gasteiger partial charge in [0.05, 0.1) is 12.6 Å². The Balaban J connectivity index is 2.04. The summed E-state index contributed by atoms with van der Waals surface area (Å²) in [6.07, 6.45) is 3.23. The molecular formula is C16H23N3O. The highest BCUT2D eigenvalue weighted by atomic mass is 16.3. The molecule has 2 atom stereocenters. The predicted molar refractivity (Wildman–Crippen MR) is 80.3 cm³/mol. The third kappa shape index (κ3) is 3.26. The Bertz CT molecular complexity index is 547. The summed E-state index contributed by atoms with van der Waals surface area (Å²) in [5, 5.41) is 10.5. The smallest absolute Gasteiger partial charge is 0.122 e. The van der Waals surface area contributed by atoms with E-state index in [0.717, 1.165) is 11.4 Å². The number of hydrogen-bond donors (Lipinski definition) is 1. The molecule has 1 N–H and O–H groups in total. The number of rotatable bonds is 5. The zero-order valence-electron chi connectivity index (χ0n) is 12.6. The second-order valence-electron chi connectivity index (χ2n) is 5.47. The van der Waals surface area contributed by atoms with Crippen LogP contribution >= 0.6 is 0 Å². The summed E-state index contributed by atoms with van der Waals surface area (Å²) < 4.78 is 2.00. The summed E-state index contributed by atoms with van der Waals surface area (Å²) in [6, 6.07) is 8.07. The quantitative estimate of drug-likeness (QED) is 0.908. The number of imidazole rings is 1. The molecule has 0 saturated heterocycles. The van der Waals surface area contributed by atoms with E-state index in [1.165, 1.54) is 5.56 Å². The van der Waals surface area contributed by atoms with Crippen LogP contribution in [0.5, 0.6) is 0 Å². The third-order valence-electron chi connectivity index (χ3n) is 3.88. The van der Waals surface area contributed by atoms with Gasteiger partial charge in [0.1, 0.15) is 5.82 Å². The lowest BCUT2D eigenvalue weighted by Gasteiger charge is -2.29. The molecule has 0 radical (unpaired) electrons. The maximum atomic E-state index is 10.5. The lowest BCUT2D eigenvalue weighted by atomic mass is 10.0. The van der Waals surface area contributed by atoms with Gasteiger partial charge in [-0.15, -0.1) is 0 Å². The molecule has 1 heterocycles. The Kier molecular flexibility index (Phi) is 4.57. The van der Waals surface area contributed by atoms with Crippen LogP contribution in [0.3, 0.4) is 0 Å². The molecule has 0 aliphatic heterocycles. The maximum Gasteiger partial charge on any atom is 0.122 e. The Morgan fingerprint density at radius 3 is 2.50 bits per heavy atom. The van der Waals surface area contributed by atoms with Crippen molar-refractivity contribution in [3.05, 3.63) is 53.6 Å². The highest BCUT2D eigenvalue weighted by Crippen LogP contribution is 2.21. The van der Waals surface area contributed by atoms with Gasteiger partial charge in [0, 0.05) is 25.5 Å². The molecule has 0 aliphatic rings. The normalized spacial score (nSPS) is 14.5. The maximum absolute atomic E-state index is 10.5. The molecule has 0 bridgehead atoms. The van der Waals surface area contributed by atoms with E-state index in [2.05, 4.69) is 9.88 Å². The number of nitrogens with zero attached hydrogens (tertiary/aromatic N) is 3. The van der Waals surface area contributed by atoms with Gasteiger partial charge in [-0.3, -0.25) is 4.90 Å². The first-order chi connectivity index (χ1) is 9.49. The molecule has 108 valence electrons. The molecule has 0 saturated carbocycles. The molecule has 4 nitrogen and oxygen atoms in total. The first-order valence-corrected chi connectivity index (χ1v) is 6.90. The second-order valence-corrected chi connectivity index (χ2v) is 5.47. The largest absolute Gasteiger partial charge is 0.387 e. The van der Waals surface area contributed by atoms with Crippen molar-refractivity contribution in [2.24, 2.45) is 7.05 Å². The Morgan fingerprint density at radius 1 is 1.30 bits per heavy atom. The minimum absolute atomic E-state index is 0.0226. The van der Waals surface area contributed by atoms with E-state index >= 15 is 0 Å². The predicted octanol–water partition coefficient (Wildman–Crippen LogP) is 2.28. The highest BCUT2D eigenvalue weighted by molar-refractivity contribution is 5.24. The molecule has 1 aromatic carbocycles. The van der Waals surface area contributed by atoms with E-state index in [1.807, 2.05) is 63.0 Å².